The first-order chi connectivity index (χ1) is 12.4. The second-order valence-electron chi connectivity index (χ2n) is 7.52. The van der Waals surface area contributed by atoms with Gasteiger partial charge in [-0.25, -0.2) is 0 Å². The van der Waals surface area contributed by atoms with Gasteiger partial charge in [0.15, 0.2) is 0 Å². The first-order valence-corrected chi connectivity index (χ1v) is 9.44. The maximum atomic E-state index is 12.6. The van der Waals surface area contributed by atoms with Gasteiger partial charge in [-0.1, -0.05) is 30.3 Å². The molecular weight excluding hydrogens is 326 g/mol. The number of aryl methyl sites for hydroxylation is 2. The molecule has 5 heteroatoms. The number of rotatable bonds is 7. The van der Waals surface area contributed by atoms with E-state index in [2.05, 4.69) is 22.5 Å². The number of carbonyl (C=O) groups excluding carboxylic acids is 1. The third-order valence-corrected chi connectivity index (χ3v) is 5.62. The summed E-state index contributed by atoms with van der Waals surface area (Å²) >= 11 is 0. The Morgan fingerprint density at radius 3 is 2.58 bits per heavy atom. The number of benzene rings is 1. The Bertz CT molecular complexity index is 748. The van der Waals surface area contributed by atoms with Crippen LogP contribution in [0.5, 0.6) is 0 Å². The summed E-state index contributed by atoms with van der Waals surface area (Å²) in [6, 6.07) is 10.3. The molecule has 0 radical (unpaired) electrons. The molecule has 1 atom stereocenters. The molecule has 0 aliphatic heterocycles. The van der Waals surface area contributed by atoms with Crippen LogP contribution in [0.4, 0.5) is 0 Å². The molecule has 0 saturated heterocycles. The molecule has 1 aliphatic rings. The van der Waals surface area contributed by atoms with Gasteiger partial charge in [-0.15, -0.1) is 0 Å². The second-order valence-corrected chi connectivity index (χ2v) is 7.52. The summed E-state index contributed by atoms with van der Waals surface area (Å²) in [5.74, 6) is 0.436. The standard InChI is InChI=1S/C21H29N3O2/c1-14-19(15(2)24(3)23-14)9-10-21(26)22-20(17-12-18(25)13-17)11-16-7-5-4-6-8-16/h4-8,17-18,20,25H,9-13H2,1-3H3,(H,22,26)/t17?,18?,20-/m1/s1. The van der Waals surface area contributed by atoms with E-state index in [1.54, 1.807) is 0 Å². The van der Waals surface area contributed by atoms with E-state index in [1.165, 1.54) is 11.1 Å². The third kappa shape index (κ3) is 4.33. The van der Waals surface area contributed by atoms with Gasteiger partial charge in [-0.3, -0.25) is 9.48 Å². The highest BCUT2D eigenvalue weighted by Gasteiger charge is 2.34. The molecule has 3 rings (SSSR count). The molecule has 0 bridgehead atoms. The van der Waals surface area contributed by atoms with Crippen LogP contribution in [0.1, 0.15) is 41.8 Å². The van der Waals surface area contributed by atoms with E-state index in [0.717, 1.165) is 30.7 Å². The zero-order chi connectivity index (χ0) is 18.7. The van der Waals surface area contributed by atoms with Crippen LogP contribution in [0.3, 0.4) is 0 Å². The SMILES string of the molecule is Cc1nn(C)c(C)c1CCC(=O)N[C@H](Cc1ccccc1)C1CC(O)C1. The van der Waals surface area contributed by atoms with Crippen LogP contribution in [0.2, 0.25) is 0 Å². The van der Waals surface area contributed by atoms with Crippen molar-refractivity contribution in [3.8, 4) is 0 Å². The minimum atomic E-state index is -0.212. The third-order valence-electron chi connectivity index (χ3n) is 5.62. The Labute approximate surface area is 155 Å². The summed E-state index contributed by atoms with van der Waals surface area (Å²) in [6.07, 6.45) is 3.33. The minimum absolute atomic E-state index is 0.0787. The molecule has 0 unspecified atom stereocenters. The van der Waals surface area contributed by atoms with E-state index in [1.807, 2.05) is 43.8 Å². The molecule has 2 aromatic rings. The number of aliphatic hydroxyl groups is 1. The smallest absolute Gasteiger partial charge is 0.220 e. The number of aromatic nitrogens is 2. The Morgan fingerprint density at radius 2 is 2.00 bits per heavy atom. The van der Waals surface area contributed by atoms with Gasteiger partial charge in [0.25, 0.3) is 0 Å². The van der Waals surface area contributed by atoms with Crippen molar-refractivity contribution < 1.29 is 9.90 Å². The monoisotopic (exact) mass is 355 g/mol. The molecule has 1 amide bonds. The number of aliphatic hydroxyl groups excluding tert-OH is 1. The molecule has 1 fully saturated rings. The summed E-state index contributed by atoms with van der Waals surface area (Å²) in [7, 11) is 1.93. The molecule has 1 saturated carbocycles. The summed E-state index contributed by atoms with van der Waals surface area (Å²) in [4.78, 5) is 12.6. The summed E-state index contributed by atoms with van der Waals surface area (Å²) in [5.41, 5.74) is 4.51. The number of nitrogens with zero attached hydrogens (tertiary/aromatic N) is 2. The number of nitrogens with one attached hydrogen (secondary N) is 1. The van der Waals surface area contributed by atoms with Crippen molar-refractivity contribution >= 4 is 5.91 Å². The first kappa shape index (κ1) is 18.6. The Morgan fingerprint density at radius 1 is 1.31 bits per heavy atom. The lowest BCUT2D eigenvalue weighted by Crippen LogP contribution is -2.48. The van der Waals surface area contributed by atoms with Crippen molar-refractivity contribution in [1.29, 1.82) is 0 Å². The van der Waals surface area contributed by atoms with Gasteiger partial charge >= 0.3 is 0 Å². The van der Waals surface area contributed by atoms with Crippen molar-refractivity contribution in [1.82, 2.24) is 15.1 Å². The minimum Gasteiger partial charge on any atom is -0.393 e. The molecule has 0 spiro atoms. The van der Waals surface area contributed by atoms with Crippen molar-refractivity contribution in [2.75, 3.05) is 0 Å². The van der Waals surface area contributed by atoms with Crippen molar-refractivity contribution in [2.24, 2.45) is 13.0 Å². The van der Waals surface area contributed by atoms with E-state index in [9.17, 15) is 9.90 Å². The molecule has 1 heterocycles. The molecular formula is C21H29N3O2. The highest BCUT2D eigenvalue weighted by Crippen LogP contribution is 2.31. The molecule has 26 heavy (non-hydrogen) atoms. The van der Waals surface area contributed by atoms with Crippen LogP contribution < -0.4 is 5.32 Å². The highest BCUT2D eigenvalue weighted by atomic mass is 16.3. The van der Waals surface area contributed by atoms with Gasteiger partial charge in [0.1, 0.15) is 0 Å². The largest absolute Gasteiger partial charge is 0.393 e. The van der Waals surface area contributed by atoms with E-state index in [-0.39, 0.29) is 18.1 Å². The number of amides is 1. The van der Waals surface area contributed by atoms with E-state index in [4.69, 9.17) is 0 Å². The van der Waals surface area contributed by atoms with Crippen LogP contribution in [-0.2, 0) is 24.7 Å². The zero-order valence-electron chi connectivity index (χ0n) is 15.9. The number of hydrogen-bond acceptors (Lipinski definition) is 3. The predicted octanol–water partition coefficient (Wildman–Crippen LogP) is 2.47. The quantitative estimate of drug-likeness (QED) is 0.802. The van der Waals surface area contributed by atoms with Crippen LogP contribution in [0, 0.1) is 19.8 Å². The van der Waals surface area contributed by atoms with Gasteiger partial charge in [-0.2, -0.15) is 5.10 Å². The molecule has 1 aliphatic carbocycles. The topological polar surface area (TPSA) is 67.2 Å². The van der Waals surface area contributed by atoms with Crippen LogP contribution in [0.25, 0.3) is 0 Å². The fourth-order valence-electron chi connectivity index (χ4n) is 3.86. The van der Waals surface area contributed by atoms with Gasteiger partial charge in [0.2, 0.25) is 5.91 Å². The summed E-state index contributed by atoms with van der Waals surface area (Å²) < 4.78 is 1.87. The van der Waals surface area contributed by atoms with Crippen LogP contribution in [-0.4, -0.2) is 32.9 Å². The fourth-order valence-corrected chi connectivity index (χ4v) is 3.86. The van der Waals surface area contributed by atoms with E-state index in [0.29, 0.717) is 18.8 Å². The number of hydrogen-bond donors (Lipinski definition) is 2. The second kappa shape index (κ2) is 8.04. The molecule has 1 aromatic heterocycles. The Kier molecular flexibility index (Phi) is 5.77. The molecule has 140 valence electrons. The maximum Gasteiger partial charge on any atom is 0.220 e. The number of carbonyl (C=O) groups is 1. The lowest BCUT2D eigenvalue weighted by molar-refractivity contribution is -0.122. The summed E-state index contributed by atoms with van der Waals surface area (Å²) in [6.45, 7) is 4.04. The lowest BCUT2D eigenvalue weighted by atomic mass is 9.75. The van der Waals surface area contributed by atoms with Gasteiger partial charge in [0.05, 0.1) is 11.8 Å². The average molecular weight is 355 g/mol. The van der Waals surface area contributed by atoms with Crippen LogP contribution in [0.15, 0.2) is 30.3 Å². The molecule has 5 nitrogen and oxygen atoms in total. The van der Waals surface area contributed by atoms with E-state index >= 15 is 0 Å². The van der Waals surface area contributed by atoms with Gasteiger partial charge in [-0.05, 0) is 56.6 Å². The zero-order valence-corrected chi connectivity index (χ0v) is 15.9. The van der Waals surface area contributed by atoms with E-state index < -0.39 is 0 Å². The van der Waals surface area contributed by atoms with Crippen molar-refractivity contribution in [2.45, 2.75) is 58.1 Å². The molecule has 1 aromatic carbocycles. The van der Waals surface area contributed by atoms with Crippen LogP contribution >= 0.6 is 0 Å². The molecule has 2 N–H and O–H groups in total. The Hall–Kier alpha value is -2.14. The van der Waals surface area contributed by atoms with Gasteiger partial charge < -0.3 is 10.4 Å². The average Bonchev–Trinajstić information content (AvgIpc) is 2.83. The normalized spacial score (nSPS) is 20.5. The van der Waals surface area contributed by atoms with Crippen molar-refractivity contribution in [3.05, 3.63) is 52.8 Å². The highest BCUT2D eigenvalue weighted by molar-refractivity contribution is 5.76. The Balaban J connectivity index is 1.59. The van der Waals surface area contributed by atoms with Gasteiger partial charge in [0, 0.05) is 25.2 Å². The maximum absolute atomic E-state index is 12.6. The fraction of sp³-hybridized carbons (Fsp3) is 0.524. The first-order valence-electron chi connectivity index (χ1n) is 9.44. The predicted molar refractivity (Wildman–Crippen MR) is 102 cm³/mol. The lowest BCUT2D eigenvalue weighted by Gasteiger charge is -2.38. The van der Waals surface area contributed by atoms with Crippen molar-refractivity contribution in [3.63, 3.8) is 0 Å². The summed E-state index contributed by atoms with van der Waals surface area (Å²) in [5, 5.41) is 17.3.